The van der Waals surface area contributed by atoms with E-state index >= 15 is 0 Å². The molecule has 3 rings (SSSR count). The minimum Gasteiger partial charge on any atom is -0.310 e. The Labute approximate surface area is 161 Å². The van der Waals surface area contributed by atoms with Gasteiger partial charge in [-0.15, -0.1) is 0 Å². The van der Waals surface area contributed by atoms with E-state index in [1.54, 1.807) is 0 Å². The predicted octanol–water partition coefficient (Wildman–Crippen LogP) is 5.07. The Hall–Kier alpha value is -2.44. The zero-order valence-electron chi connectivity index (χ0n) is 16.1. The fourth-order valence-electron chi connectivity index (χ4n) is 3.29. The van der Waals surface area contributed by atoms with Crippen LogP contribution in [-0.4, -0.2) is 15.8 Å². The fraction of sp³-hybridized carbons (Fsp3) is 0.476. The number of benzene rings is 1. The van der Waals surface area contributed by atoms with Gasteiger partial charge in [0.15, 0.2) is 5.78 Å². The molecule has 2 aromatic rings. The fourth-order valence-corrected chi connectivity index (χ4v) is 3.29. The monoisotopic (exact) mass is 392 g/mol. The van der Waals surface area contributed by atoms with Crippen LogP contribution < -0.4 is 5.56 Å². The second-order valence-corrected chi connectivity index (χ2v) is 8.46. The third-order valence-corrected chi connectivity index (χ3v) is 5.09. The average molecular weight is 392 g/mol. The van der Waals surface area contributed by atoms with Crippen LogP contribution in [0.4, 0.5) is 13.2 Å². The number of carbonyl (C=O) groups is 1. The molecule has 1 atom stereocenters. The Bertz CT molecular complexity index is 920. The van der Waals surface area contributed by atoms with Crippen LogP contribution in [-0.2, 0) is 6.18 Å². The summed E-state index contributed by atoms with van der Waals surface area (Å²) in [6.45, 7) is 5.80. The maximum absolute atomic E-state index is 12.9. The van der Waals surface area contributed by atoms with Crippen LogP contribution in [0.25, 0.3) is 0 Å². The molecule has 28 heavy (non-hydrogen) atoms. The van der Waals surface area contributed by atoms with E-state index in [1.165, 1.54) is 18.2 Å². The number of aromatic amines is 1. The van der Waals surface area contributed by atoms with Crippen molar-refractivity contribution in [2.75, 3.05) is 0 Å². The van der Waals surface area contributed by atoms with E-state index < -0.39 is 11.7 Å². The maximum Gasteiger partial charge on any atom is 0.416 e. The zero-order chi connectivity index (χ0) is 20.7. The molecule has 0 amide bonds. The molecule has 7 heteroatoms. The lowest BCUT2D eigenvalue weighted by atomic mass is 9.73. The highest BCUT2D eigenvalue weighted by Crippen LogP contribution is 2.40. The van der Waals surface area contributed by atoms with E-state index in [0.29, 0.717) is 11.4 Å². The van der Waals surface area contributed by atoms with Gasteiger partial charge in [0, 0.05) is 18.4 Å². The number of halogens is 3. The van der Waals surface area contributed by atoms with E-state index in [9.17, 15) is 22.8 Å². The van der Waals surface area contributed by atoms with E-state index in [1.807, 2.05) is 20.8 Å². The average Bonchev–Trinajstić information content (AvgIpc) is 3.42. The number of nitrogens with one attached hydrogen (secondary N) is 1. The van der Waals surface area contributed by atoms with Crippen LogP contribution in [0.15, 0.2) is 35.1 Å². The number of hydrogen-bond donors (Lipinski definition) is 1. The Morgan fingerprint density at radius 3 is 2.29 bits per heavy atom. The van der Waals surface area contributed by atoms with Crippen molar-refractivity contribution in [1.29, 1.82) is 0 Å². The van der Waals surface area contributed by atoms with Gasteiger partial charge in [0.05, 0.1) is 5.56 Å². The molecule has 1 aliphatic rings. The summed E-state index contributed by atoms with van der Waals surface area (Å²) >= 11 is 0. The Balaban J connectivity index is 1.87. The SMILES string of the molecule is CC(C)(C)[C@@H](CC(=O)c1cc(=O)[nH]c(C2CC2)n1)c1ccc(C(F)(F)F)cc1. The Morgan fingerprint density at radius 2 is 1.79 bits per heavy atom. The molecule has 0 spiro atoms. The van der Waals surface area contributed by atoms with E-state index in [-0.39, 0.29) is 40.7 Å². The second kappa shape index (κ2) is 7.18. The highest BCUT2D eigenvalue weighted by atomic mass is 19.4. The molecule has 0 unspecified atom stereocenters. The number of ketones is 1. The highest BCUT2D eigenvalue weighted by Gasteiger charge is 2.33. The van der Waals surface area contributed by atoms with Crippen molar-refractivity contribution in [3.8, 4) is 0 Å². The molecule has 0 saturated heterocycles. The van der Waals surface area contributed by atoms with Crippen molar-refractivity contribution in [2.45, 2.75) is 58.0 Å². The summed E-state index contributed by atoms with van der Waals surface area (Å²) in [5.41, 5.74) is -0.675. The smallest absolute Gasteiger partial charge is 0.310 e. The number of nitrogens with zero attached hydrogens (tertiary/aromatic N) is 1. The number of hydrogen-bond acceptors (Lipinski definition) is 3. The van der Waals surface area contributed by atoms with Gasteiger partial charge in [-0.25, -0.2) is 4.98 Å². The van der Waals surface area contributed by atoms with Crippen molar-refractivity contribution in [3.05, 3.63) is 63.3 Å². The van der Waals surface area contributed by atoms with Gasteiger partial charge in [-0.2, -0.15) is 13.2 Å². The normalized spacial score (nSPS) is 16.1. The van der Waals surface area contributed by atoms with Gasteiger partial charge in [0.1, 0.15) is 11.5 Å². The van der Waals surface area contributed by atoms with Gasteiger partial charge in [-0.3, -0.25) is 9.59 Å². The molecule has 0 aliphatic heterocycles. The highest BCUT2D eigenvalue weighted by molar-refractivity contribution is 5.94. The first-order chi connectivity index (χ1) is 12.9. The first kappa shape index (κ1) is 20.3. The van der Waals surface area contributed by atoms with Gasteiger partial charge < -0.3 is 4.98 Å². The number of H-pyrrole nitrogens is 1. The van der Waals surface area contributed by atoms with Gasteiger partial charge >= 0.3 is 6.18 Å². The van der Waals surface area contributed by atoms with Crippen molar-refractivity contribution in [3.63, 3.8) is 0 Å². The predicted molar refractivity (Wildman–Crippen MR) is 99.4 cm³/mol. The Kier molecular flexibility index (Phi) is 5.21. The molecule has 1 fully saturated rings. The van der Waals surface area contributed by atoms with E-state index in [0.717, 1.165) is 25.0 Å². The largest absolute Gasteiger partial charge is 0.416 e. The summed E-state index contributed by atoms with van der Waals surface area (Å²) in [4.78, 5) is 31.7. The first-order valence-electron chi connectivity index (χ1n) is 9.27. The molecule has 1 N–H and O–H groups in total. The third kappa shape index (κ3) is 4.69. The molecular formula is C21H23F3N2O2. The van der Waals surface area contributed by atoms with Crippen LogP contribution in [0.5, 0.6) is 0 Å². The standard InChI is InChI=1S/C21H23F3N2O2/c1-20(2,3)15(12-6-8-14(9-7-12)21(22,23)24)10-17(27)16-11-18(28)26-19(25-16)13-4-5-13/h6-9,11,13,15H,4-5,10H2,1-3H3,(H,25,26,28)/t15-/m0/s1. The number of alkyl halides is 3. The lowest BCUT2D eigenvalue weighted by Crippen LogP contribution is -2.23. The third-order valence-electron chi connectivity index (χ3n) is 5.09. The van der Waals surface area contributed by atoms with Gasteiger partial charge in [-0.1, -0.05) is 32.9 Å². The van der Waals surface area contributed by atoms with Crippen molar-refractivity contribution in [1.82, 2.24) is 9.97 Å². The van der Waals surface area contributed by atoms with Crippen molar-refractivity contribution in [2.24, 2.45) is 5.41 Å². The number of aromatic nitrogens is 2. The van der Waals surface area contributed by atoms with Crippen LogP contribution in [0.2, 0.25) is 0 Å². The summed E-state index contributed by atoms with van der Waals surface area (Å²) < 4.78 is 38.5. The number of carbonyl (C=O) groups excluding carboxylic acids is 1. The van der Waals surface area contributed by atoms with E-state index in [2.05, 4.69) is 9.97 Å². The maximum atomic E-state index is 12.9. The lowest BCUT2D eigenvalue weighted by molar-refractivity contribution is -0.137. The molecule has 0 radical (unpaired) electrons. The lowest BCUT2D eigenvalue weighted by Gasteiger charge is -2.31. The quantitative estimate of drug-likeness (QED) is 0.723. The molecule has 1 aromatic heterocycles. The molecule has 1 heterocycles. The molecular weight excluding hydrogens is 369 g/mol. The first-order valence-corrected chi connectivity index (χ1v) is 9.27. The van der Waals surface area contributed by atoms with Crippen molar-refractivity contribution < 1.29 is 18.0 Å². The van der Waals surface area contributed by atoms with Gasteiger partial charge in [0.25, 0.3) is 5.56 Å². The Morgan fingerprint density at radius 1 is 1.18 bits per heavy atom. The summed E-state index contributed by atoms with van der Waals surface area (Å²) in [5.74, 6) is 0.145. The van der Waals surface area contributed by atoms with Crippen LogP contribution in [0.3, 0.4) is 0 Å². The number of Topliss-reactive ketones (excluding diaryl/α,β-unsaturated/α-hetero) is 1. The minimum atomic E-state index is -4.40. The summed E-state index contributed by atoms with van der Waals surface area (Å²) in [6, 6.07) is 6.12. The van der Waals surface area contributed by atoms with Crippen LogP contribution in [0, 0.1) is 5.41 Å². The zero-order valence-corrected chi connectivity index (χ0v) is 16.1. The topological polar surface area (TPSA) is 62.8 Å². The van der Waals surface area contributed by atoms with E-state index in [4.69, 9.17) is 0 Å². The summed E-state index contributed by atoms with van der Waals surface area (Å²) in [6.07, 6.45) is -2.46. The molecule has 1 aromatic carbocycles. The van der Waals surface area contributed by atoms with Crippen molar-refractivity contribution >= 4 is 5.78 Å². The number of rotatable bonds is 5. The van der Waals surface area contributed by atoms with Gasteiger partial charge in [-0.05, 0) is 41.9 Å². The molecule has 1 aliphatic carbocycles. The van der Waals surface area contributed by atoms with Gasteiger partial charge in [0.2, 0.25) is 0 Å². The second-order valence-electron chi connectivity index (χ2n) is 8.46. The minimum absolute atomic E-state index is 0.0649. The molecule has 1 saturated carbocycles. The molecule has 150 valence electrons. The molecule has 4 nitrogen and oxygen atoms in total. The van der Waals surface area contributed by atoms with Crippen LogP contribution in [0.1, 0.15) is 79.3 Å². The molecule has 0 bridgehead atoms. The van der Waals surface area contributed by atoms with Crippen LogP contribution >= 0.6 is 0 Å². The summed E-state index contributed by atoms with van der Waals surface area (Å²) in [7, 11) is 0. The summed E-state index contributed by atoms with van der Waals surface area (Å²) in [5, 5.41) is 0.